The molecule has 0 spiro atoms. The molecule has 1 saturated heterocycles. The van der Waals surface area contributed by atoms with Crippen LogP contribution in [0.4, 0.5) is 0 Å². The molecule has 0 aromatic heterocycles. The van der Waals surface area contributed by atoms with Crippen molar-refractivity contribution in [1.82, 2.24) is 0 Å². The molecule has 0 N–H and O–H groups in total. The van der Waals surface area contributed by atoms with Crippen LogP contribution in [0.3, 0.4) is 0 Å². The topological polar surface area (TPSA) is 42.2 Å². The largest absolute Gasteiger partial charge is 0.497 e. The lowest BCUT2D eigenvalue weighted by Crippen LogP contribution is -2.08. The number of nitriles is 1. The molecule has 1 aliphatic heterocycles. The molecule has 0 aliphatic carbocycles. The molecular weight excluding hydrogens is 214 g/mol. The fourth-order valence-electron chi connectivity index (χ4n) is 1.99. The summed E-state index contributed by atoms with van der Waals surface area (Å²) in [5.74, 6) is 0.780. The molecule has 0 saturated carbocycles. The molecule has 1 aromatic rings. The SMILES string of the molecule is COc1cccc(C(C#N)=C2CCOCC2)c1. The summed E-state index contributed by atoms with van der Waals surface area (Å²) in [6.45, 7) is 1.43. The van der Waals surface area contributed by atoms with Crippen molar-refractivity contribution in [2.75, 3.05) is 20.3 Å². The molecule has 0 radical (unpaired) electrons. The number of hydrogen-bond donors (Lipinski definition) is 0. The van der Waals surface area contributed by atoms with Gasteiger partial charge in [0.2, 0.25) is 0 Å². The zero-order valence-electron chi connectivity index (χ0n) is 9.90. The molecule has 88 valence electrons. The molecule has 17 heavy (non-hydrogen) atoms. The van der Waals surface area contributed by atoms with Gasteiger partial charge in [0.15, 0.2) is 0 Å². The Kier molecular flexibility index (Phi) is 3.79. The lowest BCUT2D eigenvalue weighted by Gasteiger charge is -2.16. The Balaban J connectivity index is 2.37. The maximum absolute atomic E-state index is 9.31. The van der Waals surface area contributed by atoms with E-state index >= 15 is 0 Å². The first-order valence-corrected chi connectivity index (χ1v) is 5.69. The average Bonchev–Trinajstić information content (AvgIpc) is 2.41. The fraction of sp³-hybridized carbons (Fsp3) is 0.357. The molecule has 1 fully saturated rings. The number of allylic oxidation sites excluding steroid dienone is 1. The van der Waals surface area contributed by atoms with Gasteiger partial charge in [0.05, 0.1) is 32.0 Å². The Morgan fingerprint density at radius 3 is 2.76 bits per heavy atom. The first-order valence-electron chi connectivity index (χ1n) is 5.69. The van der Waals surface area contributed by atoms with Crippen LogP contribution in [0.5, 0.6) is 5.75 Å². The molecule has 2 rings (SSSR count). The van der Waals surface area contributed by atoms with E-state index in [0.29, 0.717) is 13.2 Å². The van der Waals surface area contributed by atoms with Crippen molar-refractivity contribution in [3.63, 3.8) is 0 Å². The normalized spacial score (nSPS) is 15.2. The Morgan fingerprint density at radius 2 is 2.12 bits per heavy atom. The summed E-state index contributed by atoms with van der Waals surface area (Å²) in [5.41, 5.74) is 2.89. The maximum Gasteiger partial charge on any atom is 0.119 e. The second-order valence-electron chi connectivity index (χ2n) is 3.93. The molecule has 1 aliphatic rings. The van der Waals surface area contributed by atoms with E-state index in [-0.39, 0.29) is 0 Å². The van der Waals surface area contributed by atoms with Gasteiger partial charge in [-0.2, -0.15) is 5.26 Å². The van der Waals surface area contributed by atoms with Gasteiger partial charge in [0.25, 0.3) is 0 Å². The van der Waals surface area contributed by atoms with Crippen LogP contribution in [0.25, 0.3) is 5.57 Å². The van der Waals surface area contributed by atoms with E-state index in [9.17, 15) is 5.26 Å². The highest BCUT2D eigenvalue weighted by molar-refractivity contribution is 5.80. The number of benzene rings is 1. The number of ether oxygens (including phenoxy) is 2. The van der Waals surface area contributed by atoms with Gasteiger partial charge >= 0.3 is 0 Å². The summed E-state index contributed by atoms with van der Waals surface area (Å²) in [4.78, 5) is 0. The minimum atomic E-state index is 0.713. The van der Waals surface area contributed by atoms with Gasteiger partial charge in [-0.25, -0.2) is 0 Å². The van der Waals surface area contributed by atoms with E-state index in [1.807, 2.05) is 24.3 Å². The third kappa shape index (κ3) is 2.66. The quantitative estimate of drug-likeness (QED) is 0.732. The summed E-state index contributed by atoms with van der Waals surface area (Å²) >= 11 is 0. The monoisotopic (exact) mass is 229 g/mol. The molecule has 3 nitrogen and oxygen atoms in total. The number of methoxy groups -OCH3 is 1. The molecule has 0 amide bonds. The van der Waals surface area contributed by atoms with E-state index in [1.165, 1.54) is 5.57 Å². The predicted octanol–water partition coefficient (Wildman–Crippen LogP) is 2.78. The van der Waals surface area contributed by atoms with E-state index in [0.717, 1.165) is 29.7 Å². The van der Waals surface area contributed by atoms with Crippen LogP contribution < -0.4 is 4.74 Å². The Bertz CT molecular complexity index is 463. The third-order valence-corrected chi connectivity index (χ3v) is 2.92. The zero-order valence-corrected chi connectivity index (χ0v) is 9.90. The zero-order chi connectivity index (χ0) is 12.1. The first-order chi connectivity index (χ1) is 8.35. The van der Waals surface area contributed by atoms with E-state index in [1.54, 1.807) is 7.11 Å². The van der Waals surface area contributed by atoms with Crippen LogP contribution in [0.15, 0.2) is 29.8 Å². The molecule has 3 heteroatoms. The van der Waals surface area contributed by atoms with Crippen LogP contribution in [0.1, 0.15) is 18.4 Å². The fourth-order valence-corrected chi connectivity index (χ4v) is 1.99. The maximum atomic E-state index is 9.31. The first kappa shape index (κ1) is 11.7. The number of rotatable bonds is 2. The van der Waals surface area contributed by atoms with Crippen molar-refractivity contribution in [1.29, 1.82) is 5.26 Å². The van der Waals surface area contributed by atoms with Crippen LogP contribution in [-0.4, -0.2) is 20.3 Å². The Morgan fingerprint density at radius 1 is 1.35 bits per heavy atom. The lowest BCUT2D eigenvalue weighted by molar-refractivity contribution is 0.119. The average molecular weight is 229 g/mol. The number of hydrogen-bond acceptors (Lipinski definition) is 3. The Hall–Kier alpha value is -1.79. The van der Waals surface area contributed by atoms with Crippen molar-refractivity contribution in [3.8, 4) is 11.8 Å². The van der Waals surface area contributed by atoms with Gasteiger partial charge in [-0.15, -0.1) is 0 Å². The van der Waals surface area contributed by atoms with Crippen LogP contribution in [0.2, 0.25) is 0 Å². The van der Waals surface area contributed by atoms with Crippen molar-refractivity contribution in [2.45, 2.75) is 12.8 Å². The third-order valence-electron chi connectivity index (χ3n) is 2.92. The predicted molar refractivity (Wildman–Crippen MR) is 65.6 cm³/mol. The van der Waals surface area contributed by atoms with E-state index < -0.39 is 0 Å². The molecule has 0 bridgehead atoms. The molecule has 0 unspecified atom stereocenters. The summed E-state index contributed by atoms with van der Waals surface area (Å²) < 4.78 is 10.5. The van der Waals surface area contributed by atoms with Gasteiger partial charge < -0.3 is 9.47 Å². The summed E-state index contributed by atoms with van der Waals surface area (Å²) in [6, 6.07) is 9.95. The smallest absolute Gasteiger partial charge is 0.119 e. The van der Waals surface area contributed by atoms with Crippen LogP contribution >= 0.6 is 0 Å². The summed E-state index contributed by atoms with van der Waals surface area (Å²) in [5, 5.41) is 9.31. The number of nitrogens with zero attached hydrogens (tertiary/aromatic N) is 1. The highest BCUT2D eigenvalue weighted by Gasteiger charge is 2.13. The van der Waals surface area contributed by atoms with Gasteiger partial charge in [0, 0.05) is 0 Å². The molecule has 0 atom stereocenters. The second kappa shape index (κ2) is 5.51. The highest BCUT2D eigenvalue weighted by Crippen LogP contribution is 2.27. The van der Waals surface area contributed by atoms with E-state index in [4.69, 9.17) is 9.47 Å². The lowest BCUT2D eigenvalue weighted by atomic mass is 9.96. The summed E-state index contributed by atoms with van der Waals surface area (Å²) in [7, 11) is 1.63. The minimum Gasteiger partial charge on any atom is -0.497 e. The van der Waals surface area contributed by atoms with Crippen molar-refractivity contribution in [2.24, 2.45) is 0 Å². The van der Waals surface area contributed by atoms with Gasteiger partial charge in [-0.1, -0.05) is 12.1 Å². The standard InChI is InChI=1S/C14H15NO2/c1-16-13-4-2-3-12(9-13)14(10-15)11-5-7-17-8-6-11/h2-4,9H,5-8H2,1H3. The van der Waals surface area contributed by atoms with Crippen LogP contribution in [0, 0.1) is 11.3 Å². The van der Waals surface area contributed by atoms with Crippen LogP contribution in [-0.2, 0) is 4.74 Å². The van der Waals surface area contributed by atoms with E-state index in [2.05, 4.69) is 6.07 Å². The van der Waals surface area contributed by atoms with Gasteiger partial charge in [0.1, 0.15) is 5.75 Å². The minimum absolute atomic E-state index is 0.713. The van der Waals surface area contributed by atoms with Crippen molar-refractivity contribution in [3.05, 3.63) is 35.4 Å². The Labute approximate surface area is 101 Å². The molecule has 1 aromatic carbocycles. The van der Waals surface area contributed by atoms with Crippen molar-refractivity contribution >= 4 is 5.57 Å². The molecular formula is C14H15NO2. The molecule has 1 heterocycles. The van der Waals surface area contributed by atoms with Gasteiger partial charge in [-0.05, 0) is 36.1 Å². The highest BCUT2D eigenvalue weighted by atomic mass is 16.5. The van der Waals surface area contributed by atoms with Crippen molar-refractivity contribution < 1.29 is 9.47 Å². The van der Waals surface area contributed by atoms with Gasteiger partial charge in [-0.3, -0.25) is 0 Å². The summed E-state index contributed by atoms with van der Waals surface area (Å²) in [6.07, 6.45) is 1.69. The second-order valence-corrected chi connectivity index (χ2v) is 3.93.